The number of phenolic OH excluding ortho intramolecular Hbond substituents is 1. The maximum Gasteiger partial charge on any atom is 0.162 e. The molecule has 0 heterocycles. The van der Waals surface area contributed by atoms with E-state index in [4.69, 9.17) is 37.9 Å². The van der Waals surface area contributed by atoms with Gasteiger partial charge in [-0.25, -0.2) is 0 Å². The van der Waals surface area contributed by atoms with Crippen molar-refractivity contribution < 1.29 is 43.0 Å². The molecule has 0 saturated carbocycles. The Morgan fingerprint density at radius 3 is 0.966 bits per heavy atom. The summed E-state index contributed by atoms with van der Waals surface area (Å²) in [5.74, 6) is 6.39. The number of aromatic hydroxyl groups is 1. The van der Waals surface area contributed by atoms with Crippen LogP contribution in [0.2, 0.25) is 0 Å². The van der Waals surface area contributed by atoms with Crippen molar-refractivity contribution in [1.29, 1.82) is 0 Å². The molecule has 474 valence electrons. The molecular weight excluding hydrogens is 1080 g/mol. The lowest BCUT2D eigenvalue weighted by Crippen LogP contribution is -2.26. The molecule has 6 aromatic carbocycles. The Labute approximate surface area is 527 Å². The quantitative estimate of drug-likeness (QED) is 0.102. The number of benzene rings is 6. The van der Waals surface area contributed by atoms with Gasteiger partial charge in [-0.05, 0) is 251 Å². The molecule has 0 aliphatic carbocycles. The van der Waals surface area contributed by atoms with Gasteiger partial charge in [0, 0.05) is 0 Å². The highest BCUT2D eigenvalue weighted by Gasteiger charge is 2.21. The van der Waals surface area contributed by atoms with Crippen LogP contribution in [0.25, 0.3) is 36.5 Å². The first-order valence-corrected chi connectivity index (χ1v) is 29.6. The molecule has 0 fully saturated rings. The van der Waals surface area contributed by atoms with Gasteiger partial charge in [0.25, 0.3) is 0 Å². The monoisotopic (exact) mass is 1190 g/mol. The van der Waals surface area contributed by atoms with Crippen molar-refractivity contribution in [2.45, 2.75) is 191 Å². The van der Waals surface area contributed by atoms with Crippen LogP contribution < -0.4 is 37.9 Å². The van der Waals surface area contributed by atoms with E-state index in [9.17, 15) is 5.11 Å². The SMILES string of the molecule is C=Cc1ccc(OC(C)(C)C)c(O)c1.C=Cc1ccc(OC(C)(C)C)c(OC(C)(C)C)c1.C=Cc1ccc(OC(C)(C)C)c(OC)c1.C=Cc1ccc(OC(C)(C)C)cc1.C=Cc1ccc(OC(C)(C)CC)cc1.C=Cc1cccc(OC(C)(C)C)c1. The molecule has 0 atom stereocenters. The van der Waals surface area contributed by atoms with E-state index in [0.29, 0.717) is 5.75 Å². The van der Waals surface area contributed by atoms with Gasteiger partial charge in [-0.2, -0.15) is 0 Å². The first-order valence-electron chi connectivity index (χ1n) is 29.6. The van der Waals surface area contributed by atoms with Crippen LogP contribution in [0.5, 0.6) is 51.7 Å². The molecule has 0 bridgehead atoms. The van der Waals surface area contributed by atoms with Gasteiger partial charge in [-0.1, -0.05) is 137 Å². The first kappa shape index (κ1) is 77.0. The van der Waals surface area contributed by atoms with Crippen LogP contribution in [0.15, 0.2) is 167 Å². The minimum Gasteiger partial charge on any atom is -0.504 e. The maximum absolute atomic E-state index is 9.61. The van der Waals surface area contributed by atoms with Crippen LogP contribution in [0.4, 0.5) is 0 Å². The van der Waals surface area contributed by atoms with E-state index in [2.05, 4.69) is 60.2 Å². The first-order chi connectivity index (χ1) is 40.1. The Kier molecular flexibility index (Phi) is 30.9. The molecule has 0 saturated heterocycles. The van der Waals surface area contributed by atoms with E-state index in [1.165, 1.54) is 0 Å². The highest BCUT2D eigenvalue weighted by molar-refractivity contribution is 5.57. The van der Waals surface area contributed by atoms with Crippen molar-refractivity contribution >= 4 is 36.5 Å². The average molecular weight is 1190 g/mol. The Bertz CT molecular complexity index is 3040. The minimum atomic E-state index is -0.298. The zero-order valence-corrected chi connectivity index (χ0v) is 57.3. The van der Waals surface area contributed by atoms with Crippen molar-refractivity contribution in [3.8, 4) is 51.7 Å². The molecule has 9 nitrogen and oxygen atoms in total. The molecule has 0 unspecified atom stereocenters. The third kappa shape index (κ3) is 35.3. The van der Waals surface area contributed by atoms with Crippen LogP contribution in [-0.2, 0) is 0 Å². The third-order valence-electron chi connectivity index (χ3n) is 10.9. The molecule has 0 aromatic heterocycles. The smallest absolute Gasteiger partial charge is 0.162 e. The van der Waals surface area contributed by atoms with E-state index < -0.39 is 0 Å². The predicted octanol–water partition coefficient (Wildman–Crippen LogP) is 22.3. The normalized spacial score (nSPS) is 11.2. The van der Waals surface area contributed by atoms with Crippen LogP contribution in [0.3, 0.4) is 0 Å². The van der Waals surface area contributed by atoms with Crippen LogP contribution in [0, 0.1) is 0 Å². The predicted molar refractivity (Wildman–Crippen MR) is 375 cm³/mol. The summed E-state index contributed by atoms with van der Waals surface area (Å²) in [4.78, 5) is 0. The fourth-order valence-electron chi connectivity index (χ4n) is 6.93. The number of methoxy groups -OCH3 is 1. The fourth-order valence-corrected chi connectivity index (χ4v) is 6.93. The van der Waals surface area contributed by atoms with Crippen molar-refractivity contribution in [2.75, 3.05) is 7.11 Å². The second-order valence-electron chi connectivity index (χ2n) is 26.8. The number of hydrogen-bond acceptors (Lipinski definition) is 9. The summed E-state index contributed by atoms with van der Waals surface area (Å²) in [7, 11) is 1.64. The molecule has 9 heteroatoms. The van der Waals surface area contributed by atoms with Crippen LogP contribution in [-0.4, -0.2) is 51.4 Å². The van der Waals surface area contributed by atoms with Gasteiger partial charge >= 0.3 is 0 Å². The summed E-state index contributed by atoms with van der Waals surface area (Å²) in [6.07, 6.45) is 11.7. The lowest BCUT2D eigenvalue weighted by Gasteiger charge is -2.27. The fraction of sp³-hybridized carbons (Fsp3) is 0.385. The van der Waals surface area contributed by atoms with Crippen molar-refractivity contribution in [3.63, 3.8) is 0 Å². The van der Waals surface area contributed by atoms with E-state index >= 15 is 0 Å². The van der Waals surface area contributed by atoms with Crippen molar-refractivity contribution in [3.05, 3.63) is 200 Å². The van der Waals surface area contributed by atoms with E-state index in [-0.39, 0.29) is 45.0 Å². The molecule has 0 aliphatic heterocycles. The molecule has 0 radical (unpaired) electrons. The zero-order chi connectivity index (χ0) is 66.6. The Balaban J connectivity index is 0.000000524. The van der Waals surface area contributed by atoms with E-state index in [0.717, 1.165) is 80.0 Å². The second kappa shape index (κ2) is 34.9. The standard InChI is InChI=1S/C16H24O2.C13H18O2.C13H18O.C12H16O2.2C12H16O/c1-8-12-9-10-13(17-15(2,3)4)14(11-12)18-16(5,6)7;1-6-10-7-8-11(12(9-10)14-5)15-13(2,3)4;1-5-11-7-9-12(10-8-11)14-13(3,4)6-2;1-5-9-6-7-11(10(13)8-9)14-12(2,3)4;1-5-10-6-8-11(9-7-10)13-12(2,3)4;1-5-10-7-6-8-11(9-10)13-12(2,3)4/h8-11H,1H2,2-7H3;6-9H,1H2,2-5H3;5,7-10H,1,6H2,2-4H3;5-8,13H,1H2,2-4H3;2*5-9H,1H2,2-4H3. The lowest BCUT2D eigenvalue weighted by molar-refractivity contribution is 0.0957. The van der Waals surface area contributed by atoms with Gasteiger partial charge in [0.05, 0.1) is 7.11 Å². The topological polar surface area (TPSA) is 94.1 Å². The average Bonchev–Trinajstić information content (AvgIpc) is 1.91. The molecule has 6 aromatic rings. The summed E-state index contributed by atoms with van der Waals surface area (Å²) >= 11 is 0. The Hall–Kier alpha value is -8.04. The van der Waals surface area contributed by atoms with Crippen molar-refractivity contribution in [2.24, 2.45) is 0 Å². The number of phenols is 1. The maximum atomic E-state index is 9.61. The summed E-state index contributed by atoms with van der Waals surface area (Å²) in [6.45, 7) is 64.7. The van der Waals surface area contributed by atoms with Gasteiger partial charge in [0.15, 0.2) is 34.5 Å². The summed E-state index contributed by atoms with van der Waals surface area (Å²) < 4.78 is 45.6. The van der Waals surface area contributed by atoms with Gasteiger partial charge in [0.1, 0.15) is 56.5 Å². The molecular formula is C78H108O9. The summed E-state index contributed by atoms with van der Waals surface area (Å²) in [5.41, 5.74) is 4.87. The second-order valence-corrected chi connectivity index (χ2v) is 26.8. The van der Waals surface area contributed by atoms with Gasteiger partial charge < -0.3 is 43.0 Å². The minimum absolute atomic E-state index is 0.0876. The molecule has 6 rings (SSSR count). The van der Waals surface area contributed by atoms with Gasteiger partial charge in [0.2, 0.25) is 0 Å². The summed E-state index contributed by atoms with van der Waals surface area (Å²) in [5, 5.41) is 9.61. The molecule has 0 aliphatic rings. The summed E-state index contributed by atoms with van der Waals surface area (Å²) in [6, 6.07) is 40.7. The molecule has 0 spiro atoms. The van der Waals surface area contributed by atoms with Crippen LogP contribution >= 0.6 is 0 Å². The third-order valence-corrected chi connectivity index (χ3v) is 10.9. The highest BCUT2D eigenvalue weighted by Crippen LogP contribution is 2.35. The van der Waals surface area contributed by atoms with E-state index in [1.807, 2.05) is 258 Å². The molecule has 1 N–H and O–H groups in total. The molecule has 87 heavy (non-hydrogen) atoms. The highest BCUT2D eigenvalue weighted by atomic mass is 16.5. The number of hydrogen-bond donors (Lipinski definition) is 1. The molecule has 0 amide bonds. The van der Waals surface area contributed by atoms with Crippen molar-refractivity contribution in [1.82, 2.24) is 0 Å². The van der Waals surface area contributed by atoms with Gasteiger partial charge in [-0.3, -0.25) is 0 Å². The Morgan fingerprint density at radius 1 is 0.310 bits per heavy atom. The zero-order valence-electron chi connectivity index (χ0n) is 57.3. The largest absolute Gasteiger partial charge is 0.504 e. The van der Waals surface area contributed by atoms with Crippen LogP contribution in [0.1, 0.15) is 185 Å². The Morgan fingerprint density at radius 2 is 0.609 bits per heavy atom. The number of ether oxygens (including phenoxy) is 8. The van der Waals surface area contributed by atoms with E-state index in [1.54, 1.807) is 37.5 Å². The van der Waals surface area contributed by atoms with Gasteiger partial charge in [-0.15, -0.1) is 0 Å². The number of rotatable bonds is 16. The lowest BCUT2D eigenvalue weighted by atomic mass is 10.1.